The second-order valence-corrected chi connectivity index (χ2v) is 6.30. The van der Waals surface area contributed by atoms with Gasteiger partial charge >= 0.3 is 0 Å². The van der Waals surface area contributed by atoms with Gasteiger partial charge in [-0.1, -0.05) is 43.4 Å². The van der Waals surface area contributed by atoms with Crippen LogP contribution in [-0.2, 0) is 6.42 Å². The van der Waals surface area contributed by atoms with Crippen LogP contribution < -0.4 is 5.32 Å². The summed E-state index contributed by atoms with van der Waals surface area (Å²) in [6.45, 7) is 5.22. The van der Waals surface area contributed by atoms with Crippen molar-refractivity contribution in [2.75, 3.05) is 6.54 Å². The first-order valence-electron chi connectivity index (χ1n) is 7.14. The van der Waals surface area contributed by atoms with Crippen molar-refractivity contribution in [1.82, 2.24) is 20.5 Å². The predicted molar refractivity (Wildman–Crippen MR) is 87.5 cm³/mol. The van der Waals surface area contributed by atoms with Crippen molar-refractivity contribution in [3.8, 4) is 10.6 Å². The van der Waals surface area contributed by atoms with Gasteiger partial charge in [-0.3, -0.25) is 4.98 Å². The number of rotatable bonds is 5. The van der Waals surface area contributed by atoms with Gasteiger partial charge in [-0.15, -0.1) is 10.2 Å². The van der Waals surface area contributed by atoms with E-state index in [9.17, 15) is 0 Å². The van der Waals surface area contributed by atoms with E-state index in [0.29, 0.717) is 6.04 Å². The smallest absolute Gasteiger partial charge is 0.150 e. The minimum atomic E-state index is 0.500. The summed E-state index contributed by atoms with van der Waals surface area (Å²) in [4.78, 5) is 4.48. The average molecular weight is 298 g/mol. The number of benzene rings is 1. The monoisotopic (exact) mass is 298 g/mol. The third-order valence-electron chi connectivity index (χ3n) is 3.22. The first kappa shape index (κ1) is 14.1. The van der Waals surface area contributed by atoms with Crippen molar-refractivity contribution in [1.29, 1.82) is 0 Å². The summed E-state index contributed by atoms with van der Waals surface area (Å²) in [6, 6.07) is 10.7. The molecule has 3 rings (SSSR count). The molecule has 0 amide bonds. The largest absolute Gasteiger partial charge is 0.314 e. The Balaban J connectivity index is 1.85. The summed E-state index contributed by atoms with van der Waals surface area (Å²) in [5, 5.41) is 15.2. The summed E-state index contributed by atoms with van der Waals surface area (Å²) in [5.74, 6) is 0. The normalized spacial score (nSPS) is 11.4. The van der Waals surface area contributed by atoms with Gasteiger partial charge in [-0.25, -0.2) is 0 Å². The van der Waals surface area contributed by atoms with Crippen LogP contribution in [0.1, 0.15) is 18.9 Å². The van der Waals surface area contributed by atoms with Crippen LogP contribution in [0, 0.1) is 0 Å². The standard InChI is InChI=1S/C16H18N4S/c1-11(2)17-10-8-14-19-20-16(21-14)13-7-3-5-12-6-4-9-18-15(12)13/h3-7,9,11,17H,8,10H2,1-2H3. The van der Waals surface area contributed by atoms with Crippen molar-refractivity contribution in [3.63, 3.8) is 0 Å². The van der Waals surface area contributed by atoms with Gasteiger partial charge in [0.15, 0.2) is 0 Å². The van der Waals surface area contributed by atoms with E-state index in [1.54, 1.807) is 11.3 Å². The van der Waals surface area contributed by atoms with Crippen LogP contribution in [0.3, 0.4) is 0 Å². The third-order valence-corrected chi connectivity index (χ3v) is 4.24. The minimum Gasteiger partial charge on any atom is -0.314 e. The molecule has 0 fully saturated rings. The summed E-state index contributed by atoms with van der Waals surface area (Å²) in [6.07, 6.45) is 2.73. The zero-order valence-corrected chi connectivity index (χ0v) is 13.0. The zero-order chi connectivity index (χ0) is 14.7. The van der Waals surface area contributed by atoms with Crippen LogP contribution in [0.15, 0.2) is 36.5 Å². The molecule has 3 aromatic rings. The molecule has 5 heteroatoms. The molecule has 0 radical (unpaired) electrons. The van der Waals surface area contributed by atoms with Gasteiger partial charge in [0.25, 0.3) is 0 Å². The molecule has 21 heavy (non-hydrogen) atoms. The molecule has 108 valence electrons. The van der Waals surface area contributed by atoms with E-state index in [2.05, 4.69) is 52.5 Å². The van der Waals surface area contributed by atoms with Crippen LogP contribution in [0.2, 0.25) is 0 Å². The average Bonchev–Trinajstić information content (AvgIpc) is 2.95. The number of nitrogens with one attached hydrogen (secondary N) is 1. The number of nitrogens with zero attached hydrogens (tertiary/aromatic N) is 3. The molecule has 0 unspecified atom stereocenters. The van der Waals surface area contributed by atoms with E-state index in [0.717, 1.165) is 39.4 Å². The van der Waals surface area contributed by atoms with Gasteiger partial charge in [0, 0.05) is 36.2 Å². The Morgan fingerprint density at radius 1 is 1.14 bits per heavy atom. The summed E-state index contributed by atoms with van der Waals surface area (Å²) in [5.41, 5.74) is 2.05. The molecule has 0 aliphatic heterocycles. The van der Waals surface area contributed by atoms with Gasteiger partial charge in [0.1, 0.15) is 10.0 Å². The lowest BCUT2D eigenvalue weighted by Crippen LogP contribution is -2.24. The van der Waals surface area contributed by atoms with Gasteiger partial charge in [0.2, 0.25) is 0 Å². The predicted octanol–water partition coefficient (Wildman–Crippen LogP) is 3.29. The molecule has 1 aromatic carbocycles. The minimum absolute atomic E-state index is 0.500. The molecule has 0 aliphatic carbocycles. The molecule has 2 heterocycles. The maximum Gasteiger partial charge on any atom is 0.150 e. The first-order valence-corrected chi connectivity index (χ1v) is 7.95. The van der Waals surface area contributed by atoms with Crippen LogP contribution in [0.5, 0.6) is 0 Å². The molecule has 0 saturated heterocycles. The Bertz CT molecular complexity index is 730. The van der Waals surface area contributed by atoms with E-state index < -0.39 is 0 Å². The molecule has 0 saturated carbocycles. The molecular formula is C16H18N4S. The fourth-order valence-electron chi connectivity index (χ4n) is 2.21. The molecule has 2 aromatic heterocycles. The highest BCUT2D eigenvalue weighted by molar-refractivity contribution is 7.14. The molecule has 0 spiro atoms. The number of fused-ring (bicyclic) bond motifs is 1. The Hall–Kier alpha value is -1.85. The Morgan fingerprint density at radius 3 is 2.86 bits per heavy atom. The fraction of sp³-hybridized carbons (Fsp3) is 0.312. The first-order chi connectivity index (χ1) is 10.2. The summed E-state index contributed by atoms with van der Waals surface area (Å²) >= 11 is 1.65. The van der Waals surface area contributed by atoms with Crippen LogP contribution in [-0.4, -0.2) is 27.8 Å². The highest BCUT2D eigenvalue weighted by atomic mass is 32.1. The topological polar surface area (TPSA) is 50.7 Å². The lowest BCUT2D eigenvalue weighted by molar-refractivity contribution is 0.588. The van der Waals surface area contributed by atoms with E-state index in [1.165, 1.54) is 0 Å². The number of para-hydroxylation sites is 1. The molecule has 0 bridgehead atoms. The van der Waals surface area contributed by atoms with Gasteiger partial charge in [-0.2, -0.15) is 0 Å². The van der Waals surface area contributed by atoms with E-state index >= 15 is 0 Å². The van der Waals surface area contributed by atoms with E-state index in [1.807, 2.05) is 18.3 Å². The van der Waals surface area contributed by atoms with Crippen molar-refractivity contribution in [2.45, 2.75) is 26.3 Å². The van der Waals surface area contributed by atoms with Crippen LogP contribution >= 0.6 is 11.3 Å². The summed E-state index contributed by atoms with van der Waals surface area (Å²) in [7, 11) is 0. The lowest BCUT2D eigenvalue weighted by atomic mass is 10.1. The number of aromatic nitrogens is 3. The van der Waals surface area contributed by atoms with Crippen molar-refractivity contribution < 1.29 is 0 Å². The Labute approximate surface area is 128 Å². The highest BCUT2D eigenvalue weighted by Crippen LogP contribution is 2.29. The fourth-order valence-corrected chi connectivity index (χ4v) is 3.07. The SMILES string of the molecule is CC(C)NCCc1nnc(-c2cccc3cccnc23)s1. The molecule has 0 atom stereocenters. The van der Waals surface area contributed by atoms with Gasteiger partial charge in [0.05, 0.1) is 5.52 Å². The second kappa shape index (κ2) is 6.28. The molecule has 1 N–H and O–H groups in total. The number of hydrogen-bond acceptors (Lipinski definition) is 5. The number of hydrogen-bond donors (Lipinski definition) is 1. The maximum absolute atomic E-state index is 4.48. The summed E-state index contributed by atoms with van der Waals surface area (Å²) < 4.78 is 0. The number of pyridine rings is 1. The lowest BCUT2D eigenvalue weighted by Gasteiger charge is -2.05. The van der Waals surface area contributed by atoms with Gasteiger partial charge < -0.3 is 5.32 Å². The second-order valence-electron chi connectivity index (χ2n) is 5.24. The van der Waals surface area contributed by atoms with Crippen molar-refractivity contribution in [2.24, 2.45) is 0 Å². The third kappa shape index (κ3) is 3.25. The van der Waals surface area contributed by atoms with Crippen molar-refractivity contribution >= 4 is 22.2 Å². The highest BCUT2D eigenvalue weighted by Gasteiger charge is 2.10. The molecule has 0 aliphatic rings. The Morgan fingerprint density at radius 2 is 2.00 bits per heavy atom. The Kier molecular flexibility index (Phi) is 4.22. The molecular weight excluding hydrogens is 280 g/mol. The van der Waals surface area contributed by atoms with E-state index in [-0.39, 0.29) is 0 Å². The quantitative estimate of drug-likeness (QED) is 0.785. The maximum atomic E-state index is 4.48. The van der Waals surface area contributed by atoms with Crippen LogP contribution in [0.25, 0.3) is 21.5 Å². The van der Waals surface area contributed by atoms with Gasteiger partial charge in [-0.05, 0) is 12.1 Å². The van der Waals surface area contributed by atoms with Crippen molar-refractivity contribution in [3.05, 3.63) is 41.5 Å². The van der Waals surface area contributed by atoms with E-state index in [4.69, 9.17) is 0 Å². The van der Waals surface area contributed by atoms with Crippen LogP contribution in [0.4, 0.5) is 0 Å². The zero-order valence-electron chi connectivity index (χ0n) is 12.2. The molecule has 4 nitrogen and oxygen atoms in total.